The Hall–Kier alpha value is -2.11. The van der Waals surface area contributed by atoms with Gasteiger partial charge in [0.15, 0.2) is 0 Å². The van der Waals surface area contributed by atoms with Crippen molar-refractivity contribution in [1.82, 2.24) is 5.32 Å². The first-order valence-electron chi connectivity index (χ1n) is 9.32. The number of ether oxygens (including phenoxy) is 1. The molecule has 0 radical (unpaired) electrons. The molecule has 1 fully saturated rings. The quantitative estimate of drug-likeness (QED) is 0.593. The molecule has 1 aromatic rings. The van der Waals surface area contributed by atoms with Gasteiger partial charge < -0.3 is 10.1 Å². The maximum Gasteiger partial charge on any atom is 0.407 e. The van der Waals surface area contributed by atoms with E-state index >= 15 is 0 Å². The van der Waals surface area contributed by atoms with Crippen molar-refractivity contribution in [1.29, 1.82) is 0 Å². The van der Waals surface area contributed by atoms with Crippen molar-refractivity contribution in [2.24, 2.45) is 5.41 Å². The Balaban J connectivity index is 2.52. The molecule has 0 spiro atoms. The zero-order valence-corrected chi connectivity index (χ0v) is 18.2. The van der Waals surface area contributed by atoms with Crippen LogP contribution in [0.5, 0.6) is 0 Å². The van der Waals surface area contributed by atoms with Gasteiger partial charge in [-0.05, 0) is 70.6 Å². The first kappa shape index (κ1) is 21.2. The molecule has 150 valence electrons. The molecule has 6 nitrogen and oxygen atoms in total. The summed E-state index contributed by atoms with van der Waals surface area (Å²) in [6.07, 6.45) is -0.435. The zero-order valence-electron chi connectivity index (χ0n) is 18.2. The predicted molar refractivity (Wildman–Crippen MR) is 106 cm³/mol. The van der Waals surface area contributed by atoms with E-state index in [2.05, 4.69) is 26.1 Å². The van der Waals surface area contributed by atoms with Gasteiger partial charge in [-0.3, -0.25) is 10.1 Å². The molecule has 2 unspecified atom stereocenters. The molecule has 6 heteroatoms. The molecule has 1 aliphatic rings. The number of nitro benzene ring substituents is 1. The van der Waals surface area contributed by atoms with Gasteiger partial charge in [0.05, 0.1) is 4.92 Å². The van der Waals surface area contributed by atoms with Crippen LogP contribution in [0.2, 0.25) is 0 Å². The highest BCUT2D eigenvalue weighted by molar-refractivity contribution is 5.71. The SMILES string of the molecule is Cc1c(C)c(C2(C)C(NC(=O)OC(C)(C)C)C2(C)C)c(C)c(C)c1[N+](=O)[O-]. The number of rotatable bonds is 3. The van der Waals surface area contributed by atoms with E-state index in [1.165, 1.54) is 0 Å². The summed E-state index contributed by atoms with van der Waals surface area (Å²) >= 11 is 0. The third kappa shape index (κ3) is 3.19. The number of hydrogen-bond donors (Lipinski definition) is 1. The lowest BCUT2D eigenvalue weighted by atomic mass is 9.80. The normalized spacial score (nSPS) is 23.7. The molecule has 1 saturated carbocycles. The van der Waals surface area contributed by atoms with Crippen LogP contribution in [0.1, 0.15) is 69.4 Å². The summed E-state index contributed by atoms with van der Waals surface area (Å²) in [4.78, 5) is 23.6. The summed E-state index contributed by atoms with van der Waals surface area (Å²) in [5.74, 6) is 0. The summed E-state index contributed by atoms with van der Waals surface area (Å²) in [6.45, 7) is 19.3. The summed E-state index contributed by atoms with van der Waals surface area (Å²) in [7, 11) is 0. The molecule has 0 aliphatic heterocycles. The highest BCUT2D eigenvalue weighted by atomic mass is 16.6. The van der Waals surface area contributed by atoms with E-state index in [0.717, 1.165) is 16.7 Å². The first-order chi connectivity index (χ1) is 12.1. The maximum atomic E-state index is 12.3. The third-order valence-electron chi connectivity index (χ3n) is 6.50. The van der Waals surface area contributed by atoms with Gasteiger partial charge >= 0.3 is 6.09 Å². The Kier molecular flexibility index (Phi) is 4.88. The second-order valence-corrected chi connectivity index (χ2v) is 9.48. The third-order valence-corrected chi connectivity index (χ3v) is 6.50. The Bertz CT molecular complexity index is 791. The molecule has 1 amide bonds. The lowest BCUT2D eigenvalue weighted by molar-refractivity contribution is -0.386. The van der Waals surface area contributed by atoms with Crippen molar-refractivity contribution in [2.45, 2.75) is 86.3 Å². The largest absolute Gasteiger partial charge is 0.444 e. The number of carbonyl (C=O) groups excluding carboxylic acids is 1. The molecular weight excluding hydrogens is 344 g/mol. The van der Waals surface area contributed by atoms with Crippen LogP contribution in [0.4, 0.5) is 10.5 Å². The lowest BCUT2D eigenvalue weighted by Gasteiger charge is -2.24. The fraction of sp³-hybridized carbons (Fsp3) is 0.667. The Morgan fingerprint density at radius 2 is 1.48 bits per heavy atom. The lowest BCUT2D eigenvalue weighted by Crippen LogP contribution is -2.36. The van der Waals surface area contributed by atoms with Crippen molar-refractivity contribution in [2.75, 3.05) is 0 Å². The van der Waals surface area contributed by atoms with Crippen molar-refractivity contribution < 1.29 is 14.5 Å². The topological polar surface area (TPSA) is 81.5 Å². The van der Waals surface area contributed by atoms with Crippen LogP contribution in [-0.4, -0.2) is 22.7 Å². The standard InChI is InChI=1S/C21H32N2O4/c1-11-13(3)16(23(25)26)14(4)12(2)15(11)21(10)17(20(21,8)9)22-18(24)27-19(5,6)7/h17H,1-10H3,(H,22,24). The molecule has 1 aliphatic carbocycles. The molecule has 0 aromatic heterocycles. The van der Waals surface area contributed by atoms with Crippen LogP contribution < -0.4 is 5.32 Å². The van der Waals surface area contributed by atoms with E-state index in [-0.39, 0.29) is 27.5 Å². The minimum atomic E-state index is -0.564. The van der Waals surface area contributed by atoms with Gasteiger partial charge in [0.2, 0.25) is 0 Å². The van der Waals surface area contributed by atoms with Gasteiger partial charge in [0, 0.05) is 22.6 Å². The van der Waals surface area contributed by atoms with Gasteiger partial charge in [0.25, 0.3) is 5.69 Å². The van der Waals surface area contributed by atoms with Gasteiger partial charge in [-0.15, -0.1) is 0 Å². The van der Waals surface area contributed by atoms with Gasteiger partial charge in [-0.1, -0.05) is 20.8 Å². The molecule has 1 aromatic carbocycles. The molecule has 0 bridgehead atoms. The fourth-order valence-corrected chi connectivity index (χ4v) is 4.54. The van der Waals surface area contributed by atoms with Crippen molar-refractivity contribution in [3.8, 4) is 0 Å². The van der Waals surface area contributed by atoms with Crippen LogP contribution in [0.25, 0.3) is 0 Å². The monoisotopic (exact) mass is 376 g/mol. The Morgan fingerprint density at radius 1 is 1.04 bits per heavy atom. The number of nitrogens with zero attached hydrogens (tertiary/aromatic N) is 1. The van der Waals surface area contributed by atoms with Crippen molar-refractivity contribution in [3.05, 3.63) is 37.9 Å². The van der Waals surface area contributed by atoms with Crippen molar-refractivity contribution in [3.63, 3.8) is 0 Å². The van der Waals surface area contributed by atoms with E-state index in [1.807, 2.05) is 34.6 Å². The van der Waals surface area contributed by atoms with Crippen LogP contribution in [0, 0.1) is 43.2 Å². The highest BCUT2D eigenvalue weighted by Crippen LogP contribution is 2.65. The molecule has 2 atom stereocenters. The van der Waals surface area contributed by atoms with E-state index in [4.69, 9.17) is 4.74 Å². The average molecular weight is 376 g/mol. The van der Waals surface area contributed by atoms with E-state index in [9.17, 15) is 14.9 Å². The second-order valence-electron chi connectivity index (χ2n) is 9.48. The predicted octanol–water partition coefficient (Wildman–Crippen LogP) is 5.02. The maximum absolute atomic E-state index is 12.3. The summed E-state index contributed by atoms with van der Waals surface area (Å²) in [5.41, 5.74) is 3.42. The Labute approximate surface area is 161 Å². The molecule has 0 heterocycles. The van der Waals surface area contributed by atoms with Gasteiger partial charge in [-0.2, -0.15) is 0 Å². The molecule has 2 rings (SSSR count). The smallest absolute Gasteiger partial charge is 0.407 e. The number of amides is 1. The van der Waals surface area contributed by atoms with E-state index in [1.54, 1.807) is 13.8 Å². The second kappa shape index (κ2) is 6.21. The summed E-state index contributed by atoms with van der Waals surface area (Å²) in [6, 6.07) is -0.113. The molecular formula is C21H32N2O4. The van der Waals surface area contributed by atoms with Crippen LogP contribution in [0.15, 0.2) is 0 Å². The first-order valence-corrected chi connectivity index (χ1v) is 9.32. The molecule has 1 N–H and O–H groups in total. The fourth-order valence-electron chi connectivity index (χ4n) is 4.54. The molecule has 27 heavy (non-hydrogen) atoms. The minimum Gasteiger partial charge on any atom is -0.444 e. The average Bonchev–Trinajstić information content (AvgIpc) is 2.88. The van der Waals surface area contributed by atoms with E-state index < -0.39 is 11.7 Å². The van der Waals surface area contributed by atoms with Gasteiger partial charge in [-0.25, -0.2) is 4.79 Å². The number of benzene rings is 1. The number of hydrogen-bond acceptors (Lipinski definition) is 4. The molecule has 0 saturated heterocycles. The number of alkyl carbamates (subject to hydrolysis) is 1. The van der Waals surface area contributed by atoms with Crippen molar-refractivity contribution >= 4 is 11.8 Å². The van der Waals surface area contributed by atoms with Gasteiger partial charge in [0.1, 0.15) is 5.60 Å². The zero-order chi connectivity index (χ0) is 21.1. The van der Waals surface area contributed by atoms with Crippen LogP contribution in [0.3, 0.4) is 0 Å². The number of nitrogens with one attached hydrogen (secondary N) is 1. The Morgan fingerprint density at radius 3 is 1.85 bits per heavy atom. The number of nitro groups is 1. The number of carbonyl (C=O) groups is 1. The summed E-state index contributed by atoms with van der Waals surface area (Å²) in [5, 5.41) is 14.6. The van der Waals surface area contributed by atoms with Crippen LogP contribution in [-0.2, 0) is 10.2 Å². The van der Waals surface area contributed by atoms with E-state index in [0.29, 0.717) is 11.1 Å². The van der Waals surface area contributed by atoms with Crippen LogP contribution >= 0.6 is 0 Å². The highest BCUT2D eigenvalue weighted by Gasteiger charge is 2.70. The summed E-state index contributed by atoms with van der Waals surface area (Å²) < 4.78 is 5.43. The minimum absolute atomic E-state index is 0.113.